The van der Waals surface area contributed by atoms with Gasteiger partial charge in [-0.1, -0.05) is 26.0 Å². The highest BCUT2D eigenvalue weighted by molar-refractivity contribution is 8.19. The Balaban J connectivity index is 1.47. The standard InChI is InChI=1S/C21H30N2O2S2/c1-15(2)7-10-22-19(24)16-8-11-23(12-9-16)20(25)17-3-5-18(6-4-17)21-26-13-14-27-21/h3-6,15-16,21H,7-14H2,1-2H3,(H,22,24). The normalized spacial score (nSPS) is 18.9. The van der Waals surface area contributed by atoms with E-state index in [4.69, 9.17) is 0 Å². The summed E-state index contributed by atoms with van der Waals surface area (Å²) in [6, 6.07) is 8.11. The summed E-state index contributed by atoms with van der Waals surface area (Å²) in [5, 5.41) is 3.05. The number of benzene rings is 1. The molecule has 0 bridgehead atoms. The number of carbonyl (C=O) groups excluding carboxylic acids is 2. The Labute approximate surface area is 171 Å². The summed E-state index contributed by atoms with van der Waals surface area (Å²) in [5.41, 5.74) is 2.06. The van der Waals surface area contributed by atoms with Gasteiger partial charge in [0, 0.05) is 42.6 Å². The second-order valence-electron chi connectivity index (χ2n) is 7.74. The summed E-state index contributed by atoms with van der Waals surface area (Å²) in [6.45, 7) is 6.40. The molecule has 148 valence electrons. The minimum atomic E-state index is 0.0417. The van der Waals surface area contributed by atoms with Crippen molar-refractivity contribution in [3.63, 3.8) is 0 Å². The van der Waals surface area contributed by atoms with Gasteiger partial charge in [-0.2, -0.15) is 0 Å². The Bertz CT molecular complexity index is 634. The zero-order valence-corrected chi connectivity index (χ0v) is 17.9. The Morgan fingerprint density at radius 1 is 1.11 bits per heavy atom. The van der Waals surface area contributed by atoms with Crippen molar-refractivity contribution >= 4 is 35.3 Å². The van der Waals surface area contributed by atoms with Crippen LogP contribution in [0.15, 0.2) is 24.3 Å². The van der Waals surface area contributed by atoms with Crippen LogP contribution in [0, 0.1) is 11.8 Å². The molecule has 2 aliphatic heterocycles. The molecule has 2 amide bonds. The summed E-state index contributed by atoms with van der Waals surface area (Å²) in [7, 11) is 0. The maximum Gasteiger partial charge on any atom is 0.253 e. The van der Waals surface area contributed by atoms with Crippen molar-refractivity contribution in [2.24, 2.45) is 11.8 Å². The number of nitrogens with one attached hydrogen (secondary N) is 1. The molecule has 1 aromatic rings. The van der Waals surface area contributed by atoms with Crippen LogP contribution in [0.5, 0.6) is 0 Å². The Kier molecular flexibility index (Phi) is 7.53. The average Bonchev–Trinajstić information content (AvgIpc) is 3.22. The topological polar surface area (TPSA) is 49.4 Å². The highest BCUT2D eigenvalue weighted by Crippen LogP contribution is 2.45. The summed E-state index contributed by atoms with van der Waals surface area (Å²) >= 11 is 3.95. The van der Waals surface area contributed by atoms with E-state index >= 15 is 0 Å². The fourth-order valence-corrected chi connectivity index (χ4v) is 6.35. The summed E-state index contributed by atoms with van der Waals surface area (Å²) in [5.74, 6) is 3.29. The van der Waals surface area contributed by atoms with E-state index in [9.17, 15) is 9.59 Å². The van der Waals surface area contributed by atoms with Gasteiger partial charge in [-0.25, -0.2) is 0 Å². The van der Waals surface area contributed by atoms with Crippen LogP contribution < -0.4 is 5.32 Å². The van der Waals surface area contributed by atoms with Crippen molar-refractivity contribution in [3.8, 4) is 0 Å². The van der Waals surface area contributed by atoms with Crippen LogP contribution in [0.25, 0.3) is 0 Å². The van der Waals surface area contributed by atoms with Crippen LogP contribution in [0.2, 0.25) is 0 Å². The molecule has 4 nitrogen and oxygen atoms in total. The van der Waals surface area contributed by atoms with Crippen LogP contribution >= 0.6 is 23.5 Å². The van der Waals surface area contributed by atoms with E-state index in [0.717, 1.165) is 31.4 Å². The molecule has 3 rings (SSSR count). The molecule has 0 unspecified atom stereocenters. The molecule has 0 spiro atoms. The molecule has 1 N–H and O–H groups in total. The Hall–Kier alpha value is -1.14. The van der Waals surface area contributed by atoms with Crippen molar-refractivity contribution in [1.82, 2.24) is 10.2 Å². The van der Waals surface area contributed by atoms with Gasteiger partial charge in [-0.05, 0) is 42.9 Å². The van der Waals surface area contributed by atoms with Crippen LogP contribution in [0.1, 0.15) is 53.6 Å². The van der Waals surface area contributed by atoms with Gasteiger partial charge < -0.3 is 10.2 Å². The van der Waals surface area contributed by atoms with Crippen LogP contribution in [-0.2, 0) is 4.79 Å². The third kappa shape index (κ3) is 5.67. The van der Waals surface area contributed by atoms with E-state index in [0.29, 0.717) is 23.6 Å². The summed E-state index contributed by atoms with van der Waals surface area (Å²) < 4.78 is 0.513. The molecule has 27 heavy (non-hydrogen) atoms. The molecular weight excluding hydrogens is 376 g/mol. The molecule has 2 fully saturated rings. The van der Waals surface area contributed by atoms with Gasteiger partial charge in [0.15, 0.2) is 0 Å². The first-order valence-electron chi connectivity index (χ1n) is 9.94. The molecule has 1 aromatic carbocycles. The number of thioether (sulfide) groups is 2. The highest BCUT2D eigenvalue weighted by Gasteiger charge is 2.28. The highest BCUT2D eigenvalue weighted by atomic mass is 32.2. The first-order valence-corrected chi connectivity index (χ1v) is 12.0. The number of carbonyl (C=O) groups is 2. The van der Waals surface area contributed by atoms with Gasteiger partial charge in [0.2, 0.25) is 5.91 Å². The fraction of sp³-hybridized carbons (Fsp3) is 0.619. The van der Waals surface area contributed by atoms with E-state index in [1.54, 1.807) is 0 Å². The summed E-state index contributed by atoms with van der Waals surface area (Å²) in [4.78, 5) is 26.9. The number of amides is 2. The molecule has 0 saturated carbocycles. The second-order valence-corrected chi connectivity index (χ2v) is 10.5. The fourth-order valence-electron chi connectivity index (χ4n) is 3.49. The third-order valence-corrected chi connectivity index (χ3v) is 8.33. The van der Waals surface area contributed by atoms with Crippen molar-refractivity contribution in [3.05, 3.63) is 35.4 Å². The Morgan fingerprint density at radius 3 is 2.33 bits per heavy atom. The number of rotatable bonds is 6. The van der Waals surface area contributed by atoms with Gasteiger partial charge >= 0.3 is 0 Å². The van der Waals surface area contributed by atoms with Gasteiger partial charge in [-0.3, -0.25) is 9.59 Å². The Morgan fingerprint density at radius 2 is 1.74 bits per heavy atom. The predicted molar refractivity (Wildman–Crippen MR) is 115 cm³/mol. The van der Waals surface area contributed by atoms with Crippen LogP contribution in [0.3, 0.4) is 0 Å². The lowest BCUT2D eigenvalue weighted by atomic mass is 9.95. The molecule has 2 aliphatic rings. The van der Waals surface area contributed by atoms with Crippen molar-refractivity contribution in [2.45, 2.75) is 37.7 Å². The summed E-state index contributed by atoms with van der Waals surface area (Å²) in [6.07, 6.45) is 2.52. The van der Waals surface area contributed by atoms with Crippen molar-refractivity contribution < 1.29 is 9.59 Å². The number of piperidine rings is 1. The molecule has 0 aliphatic carbocycles. The van der Waals surface area contributed by atoms with Crippen molar-refractivity contribution in [1.29, 1.82) is 0 Å². The molecule has 0 radical (unpaired) electrons. The first kappa shape index (κ1) is 20.6. The smallest absolute Gasteiger partial charge is 0.253 e. The SMILES string of the molecule is CC(C)CCNC(=O)C1CCN(C(=O)c2ccc(C3SCCS3)cc2)CC1. The largest absolute Gasteiger partial charge is 0.356 e. The van der Waals surface area contributed by atoms with Crippen LogP contribution in [0.4, 0.5) is 0 Å². The maximum absolute atomic E-state index is 12.8. The lowest BCUT2D eigenvalue weighted by Crippen LogP contribution is -2.43. The zero-order valence-electron chi connectivity index (χ0n) is 16.3. The maximum atomic E-state index is 12.8. The van der Waals surface area contributed by atoms with E-state index in [1.807, 2.05) is 40.6 Å². The second kappa shape index (κ2) is 9.87. The lowest BCUT2D eigenvalue weighted by Gasteiger charge is -2.31. The van der Waals surface area contributed by atoms with Gasteiger partial charge in [-0.15, -0.1) is 23.5 Å². The van der Waals surface area contributed by atoms with Gasteiger partial charge in [0.25, 0.3) is 5.91 Å². The van der Waals surface area contributed by atoms with E-state index in [1.165, 1.54) is 17.1 Å². The van der Waals surface area contributed by atoms with Gasteiger partial charge in [0.05, 0.1) is 4.58 Å². The monoisotopic (exact) mass is 406 g/mol. The average molecular weight is 407 g/mol. The van der Waals surface area contributed by atoms with E-state index < -0.39 is 0 Å². The quantitative estimate of drug-likeness (QED) is 0.770. The van der Waals surface area contributed by atoms with Crippen LogP contribution in [-0.4, -0.2) is 47.9 Å². The number of hydrogen-bond donors (Lipinski definition) is 1. The van der Waals surface area contributed by atoms with E-state index in [-0.39, 0.29) is 17.7 Å². The number of likely N-dealkylation sites (tertiary alicyclic amines) is 1. The molecule has 6 heteroatoms. The molecule has 2 saturated heterocycles. The predicted octanol–water partition coefficient (Wildman–Crippen LogP) is 4.18. The van der Waals surface area contributed by atoms with Gasteiger partial charge in [0.1, 0.15) is 0 Å². The third-order valence-electron chi connectivity index (χ3n) is 5.23. The van der Waals surface area contributed by atoms with E-state index in [2.05, 4.69) is 31.3 Å². The number of nitrogens with zero attached hydrogens (tertiary/aromatic N) is 1. The number of hydrogen-bond acceptors (Lipinski definition) is 4. The molecule has 0 atom stereocenters. The minimum Gasteiger partial charge on any atom is -0.356 e. The van der Waals surface area contributed by atoms with Crippen molar-refractivity contribution in [2.75, 3.05) is 31.1 Å². The molecule has 2 heterocycles. The minimum absolute atomic E-state index is 0.0417. The lowest BCUT2D eigenvalue weighted by molar-refractivity contribution is -0.126. The first-order chi connectivity index (χ1) is 13.0. The molecule has 0 aromatic heterocycles. The zero-order chi connectivity index (χ0) is 19.2. The molecular formula is C21H30N2O2S2.